The van der Waals surface area contributed by atoms with E-state index in [2.05, 4.69) is 32.2 Å². The third kappa shape index (κ3) is 2.25. The molecular weight excluding hydrogens is 208 g/mol. The number of rotatable bonds is 5. The Morgan fingerprint density at radius 1 is 1.44 bits per heavy atom. The molecule has 0 bridgehead atoms. The summed E-state index contributed by atoms with van der Waals surface area (Å²) >= 11 is 0. The van der Waals surface area contributed by atoms with Gasteiger partial charge in [-0.25, -0.2) is 9.97 Å². The lowest BCUT2D eigenvalue weighted by Gasteiger charge is -2.07. The Hall–Kier alpha value is -1.76. The molecule has 0 aliphatic carbocycles. The summed E-state index contributed by atoms with van der Waals surface area (Å²) in [6.07, 6.45) is 3.51. The zero-order valence-corrected chi connectivity index (χ0v) is 9.04. The molecule has 0 radical (unpaired) electrons. The molecule has 1 unspecified atom stereocenters. The first-order valence-electron chi connectivity index (χ1n) is 5.21. The maximum Gasteiger partial charge on any atom is 0.153 e. The van der Waals surface area contributed by atoms with Gasteiger partial charge in [-0.1, -0.05) is 6.92 Å². The third-order valence-corrected chi connectivity index (χ3v) is 2.26. The summed E-state index contributed by atoms with van der Waals surface area (Å²) in [6, 6.07) is 0. The molecule has 2 aromatic heterocycles. The van der Waals surface area contributed by atoms with Crippen molar-refractivity contribution in [2.24, 2.45) is 0 Å². The van der Waals surface area contributed by atoms with Crippen LogP contribution in [0.1, 0.15) is 31.1 Å². The van der Waals surface area contributed by atoms with E-state index in [0.717, 1.165) is 18.8 Å². The second kappa shape index (κ2) is 4.84. The fraction of sp³-hybridized carbons (Fsp3) is 0.556. The fourth-order valence-corrected chi connectivity index (χ4v) is 1.49. The number of H-pyrrole nitrogens is 1. The van der Waals surface area contributed by atoms with Crippen molar-refractivity contribution in [3.05, 3.63) is 24.3 Å². The van der Waals surface area contributed by atoms with Gasteiger partial charge in [0, 0.05) is 13.0 Å². The molecule has 0 aliphatic heterocycles. The van der Waals surface area contributed by atoms with Gasteiger partial charge in [-0.15, -0.1) is 0 Å². The number of aromatic nitrogens is 6. The van der Waals surface area contributed by atoms with Gasteiger partial charge in [-0.2, -0.15) is 10.2 Å². The number of aliphatic hydroxyl groups excluding tert-OH is 1. The highest BCUT2D eigenvalue weighted by Crippen LogP contribution is 2.12. The minimum Gasteiger partial charge on any atom is -0.385 e. The lowest BCUT2D eigenvalue weighted by molar-refractivity contribution is 0.164. The summed E-state index contributed by atoms with van der Waals surface area (Å²) in [5.74, 6) is 1.21. The van der Waals surface area contributed by atoms with E-state index in [4.69, 9.17) is 0 Å². The largest absolute Gasteiger partial charge is 0.385 e. The van der Waals surface area contributed by atoms with Crippen LogP contribution < -0.4 is 0 Å². The van der Waals surface area contributed by atoms with Crippen LogP contribution in [0.25, 0.3) is 0 Å². The molecule has 2 heterocycles. The maximum absolute atomic E-state index is 9.86. The SMILES string of the molecule is CCCn1ncnc1CC(O)c1ncn[nH]1. The lowest BCUT2D eigenvalue weighted by atomic mass is 10.2. The number of hydrogen-bond donors (Lipinski definition) is 2. The maximum atomic E-state index is 9.86. The summed E-state index contributed by atoms with van der Waals surface area (Å²) in [5, 5.41) is 20.3. The van der Waals surface area contributed by atoms with Crippen LogP contribution in [0.2, 0.25) is 0 Å². The number of nitrogens with zero attached hydrogens (tertiary/aromatic N) is 5. The van der Waals surface area contributed by atoms with E-state index in [-0.39, 0.29) is 0 Å². The van der Waals surface area contributed by atoms with Crippen molar-refractivity contribution in [3.8, 4) is 0 Å². The van der Waals surface area contributed by atoms with Crippen LogP contribution in [0.5, 0.6) is 0 Å². The Kier molecular flexibility index (Phi) is 3.25. The van der Waals surface area contributed by atoms with Gasteiger partial charge >= 0.3 is 0 Å². The molecule has 0 aliphatic rings. The van der Waals surface area contributed by atoms with Crippen LogP contribution in [-0.2, 0) is 13.0 Å². The number of aromatic amines is 1. The standard InChI is InChI=1S/C9H14N6O/c1-2-3-15-8(10-6-13-15)4-7(16)9-11-5-12-14-9/h5-7,16H,2-4H2,1H3,(H,11,12,14). The average molecular weight is 222 g/mol. The lowest BCUT2D eigenvalue weighted by Crippen LogP contribution is -2.11. The molecule has 2 aromatic rings. The van der Waals surface area contributed by atoms with Gasteiger partial charge in [0.2, 0.25) is 0 Å². The number of nitrogens with one attached hydrogen (secondary N) is 1. The van der Waals surface area contributed by atoms with Gasteiger partial charge in [0.25, 0.3) is 0 Å². The molecule has 86 valence electrons. The highest BCUT2D eigenvalue weighted by molar-refractivity contribution is 4.95. The quantitative estimate of drug-likeness (QED) is 0.747. The molecule has 0 aromatic carbocycles. The average Bonchev–Trinajstić information content (AvgIpc) is 2.90. The summed E-state index contributed by atoms with van der Waals surface area (Å²) in [5.41, 5.74) is 0. The van der Waals surface area contributed by atoms with Crippen molar-refractivity contribution in [3.63, 3.8) is 0 Å². The molecule has 0 saturated heterocycles. The summed E-state index contributed by atoms with van der Waals surface area (Å²) in [6.45, 7) is 2.87. The van der Waals surface area contributed by atoms with E-state index >= 15 is 0 Å². The Bertz CT molecular complexity index is 423. The van der Waals surface area contributed by atoms with Crippen LogP contribution >= 0.6 is 0 Å². The molecule has 0 amide bonds. The van der Waals surface area contributed by atoms with Crippen molar-refractivity contribution < 1.29 is 5.11 Å². The van der Waals surface area contributed by atoms with Crippen LogP contribution in [0.4, 0.5) is 0 Å². The van der Waals surface area contributed by atoms with E-state index < -0.39 is 6.10 Å². The molecule has 16 heavy (non-hydrogen) atoms. The molecular formula is C9H14N6O. The zero-order valence-electron chi connectivity index (χ0n) is 9.04. The number of aliphatic hydroxyl groups is 1. The molecule has 2 rings (SSSR count). The predicted octanol–water partition coefficient (Wildman–Crippen LogP) is 0.0823. The first-order chi connectivity index (χ1) is 7.81. The third-order valence-electron chi connectivity index (χ3n) is 2.26. The Balaban J connectivity index is 2.06. The Labute approximate surface area is 92.6 Å². The molecule has 0 saturated carbocycles. The highest BCUT2D eigenvalue weighted by Gasteiger charge is 2.15. The number of hydrogen-bond acceptors (Lipinski definition) is 5. The fourth-order valence-electron chi connectivity index (χ4n) is 1.49. The summed E-state index contributed by atoms with van der Waals surface area (Å²) < 4.78 is 1.79. The van der Waals surface area contributed by atoms with E-state index in [1.165, 1.54) is 12.7 Å². The molecule has 0 fully saturated rings. The van der Waals surface area contributed by atoms with Gasteiger partial charge in [-0.3, -0.25) is 9.78 Å². The summed E-state index contributed by atoms with van der Waals surface area (Å²) in [4.78, 5) is 8.01. The highest BCUT2D eigenvalue weighted by atomic mass is 16.3. The second-order valence-corrected chi connectivity index (χ2v) is 3.49. The van der Waals surface area contributed by atoms with Crippen molar-refractivity contribution in [1.29, 1.82) is 0 Å². The van der Waals surface area contributed by atoms with Crippen LogP contribution in [0, 0.1) is 0 Å². The predicted molar refractivity (Wildman–Crippen MR) is 55.4 cm³/mol. The number of aryl methyl sites for hydroxylation is 1. The zero-order chi connectivity index (χ0) is 11.4. The second-order valence-electron chi connectivity index (χ2n) is 3.49. The first kappa shape index (κ1) is 10.7. The van der Waals surface area contributed by atoms with E-state index in [1.807, 2.05) is 0 Å². The monoisotopic (exact) mass is 222 g/mol. The van der Waals surface area contributed by atoms with E-state index in [1.54, 1.807) is 4.68 Å². The van der Waals surface area contributed by atoms with Crippen LogP contribution in [0.3, 0.4) is 0 Å². The normalized spacial score (nSPS) is 12.9. The molecule has 1 atom stereocenters. The Morgan fingerprint density at radius 3 is 3.00 bits per heavy atom. The topological polar surface area (TPSA) is 92.5 Å². The van der Waals surface area contributed by atoms with E-state index in [0.29, 0.717) is 12.2 Å². The molecule has 0 spiro atoms. The smallest absolute Gasteiger partial charge is 0.153 e. The van der Waals surface area contributed by atoms with Gasteiger partial charge < -0.3 is 5.11 Å². The van der Waals surface area contributed by atoms with Crippen LogP contribution in [-0.4, -0.2) is 35.1 Å². The van der Waals surface area contributed by atoms with E-state index in [9.17, 15) is 5.11 Å². The minimum atomic E-state index is -0.720. The minimum absolute atomic E-state index is 0.384. The van der Waals surface area contributed by atoms with Gasteiger partial charge in [0.1, 0.15) is 24.6 Å². The summed E-state index contributed by atoms with van der Waals surface area (Å²) in [7, 11) is 0. The van der Waals surface area contributed by atoms with Crippen molar-refractivity contribution in [1.82, 2.24) is 29.9 Å². The van der Waals surface area contributed by atoms with Gasteiger partial charge in [0.15, 0.2) is 5.82 Å². The van der Waals surface area contributed by atoms with Crippen molar-refractivity contribution in [2.75, 3.05) is 0 Å². The van der Waals surface area contributed by atoms with Gasteiger partial charge in [0.05, 0.1) is 0 Å². The molecule has 7 nitrogen and oxygen atoms in total. The van der Waals surface area contributed by atoms with Crippen LogP contribution in [0.15, 0.2) is 12.7 Å². The first-order valence-corrected chi connectivity index (χ1v) is 5.21. The Morgan fingerprint density at radius 2 is 2.31 bits per heavy atom. The molecule has 7 heteroatoms. The van der Waals surface area contributed by atoms with Gasteiger partial charge in [-0.05, 0) is 6.42 Å². The van der Waals surface area contributed by atoms with Crippen molar-refractivity contribution in [2.45, 2.75) is 32.4 Å². The van der Waals surface area contributed by atoms with Crippen molar-refractivity contribution >= 4 is 0 Å². The molecule has 2 N–H and O–H groups in total.